The van der Waals surface area contributed by atoms with E-state index in [4.69, 9.17) is 0 Å². The van der Waals surface area contributed by atoms with E-state index in [2.05, 4.69) is 38.2 Å². The monoisotopic (exact) mass is 446 g/mol. The van der Waals surface area contributed by atoms with E-state index in [1.54, 1.807) is 0 Å². The van der Waals surface area contributed by atoms with Gasteiger partial charge in [-0.1, -0.05) is 45.0 Å². The second-order valence-electron chi connectivity index (χ2n) is 9.23. The molecule has 0 spiro atoms. The number of hydrogen-bond donors (Lipinski definition) is 1. The summed E-state index contributed by atoms with van der Waals surface area (Å²) in [6.07, 6.45) is 0.921. The zero-order valence-electron chi connectivity index (χ0n) is 18.6. The molecule has 0 aliphatic carbocycles. The molecule has 2 aromatic rings. The van der Waals surface area contributed by atoms with Crippen LogP contribution in [0.3, 0.4) is 0 Å². The Morgan fingerprint density at radius 1 is 1.03 bits per heavy atom. The Morgan fingerprint density at radius 2 is 1.58 bits per heavy atom. The van der Waals surface area contributed by atoms with E-state index in [-0.39, 0.29) is 41.3 Å². The molecule has 0 bridgehead atoms. The quantitative estimate of drug-likeness (QED) is 0.740. The normalized spacial score (nSPS) is 17.3. The van der Waals surface area contributed by atoms with Gasteiger partial charge in [-0.05, 0) is 60.6 Å². The van der Waals surface area contributed by atoms with E-state index in [9.17, 15) is 17.6 Å². The van der Waals surface area contributed by atoms with Gasteiger partial charge in [0.05, 0.1) is 10.9 Å². The summed E-state index contributed by atoms with van der Waals surface area (Å²) in [5.41, 5.74) is 2.36. The standard InChI is InChI=1S/C24H31FN2O3S/c1-17(18-5-7-20(8-6-18)24(2,3)4)26-23(28)19-13-15-27(16-14-19)31(29,30)22-11-9-21(25)10-12-22/h5-12,17,19H,13-16H2,1-4H3,(H,26,28)/t17-/m0/s1. The molecule has 1 aliphatic heterocycles. The molecule has 1 fully saturated rings. The smallest absolute Gasteiger partial charge is 0.243 e. The molecule has 5 nitrogen and oxygen atoms in total. The third kappa shape index (κ3) is 5.52. The average Bonchev–Trinajstić information content (AvgIpc) is 2.73. The maximum absolute atomic E-state index is 13.1. The van der Waals surface area contributed by atoms with Crippen molar-refractivity contribution in [2.24, 2.45) is 5.92 Å². The first kappa shape index (κ1) is 23.4. The van der Waals surface area contributed by atoms with Gasteiger partial charge in [0.25, 0.3) is 0 Å². The Bertz CT molecular complexity index is 1000. The van der Waals surface area contributed by atoms with Crippen molar-refractivity contribution in [3.8, 4) is 0 Å². The summed E-state index contributed by atoms with van der Waals surface area (Å²) in [7, 11) is -3.68. The van der Waals surface area contributed by atoms with Gasteiger partial charge in [-0.3, -0.25) is 4.79 Å². The predicted octanol–water partition coefficient (Wildman–Crippen LogP) is 4.40. The molecule has 1 amide bonds. The molecule has 1 N–H and O–H groups in total. The molecule has 2 aromatic carbocycles. The van der Waals surface area contributed by atoms with Crippen LogP contribution in [0.2, 0.25) is 0 Å². The fraction of sp³-hybridized carbons (Fsp3) is 0.458. The molecule has 1 heterocycles. The summed E-state index contributed by atoms with van der Waals surface area (Å²) in [5.74, 6) is -0.751. The van der Waals surface area contributed by atoms with E-state index in [0.29, 0.717) is 12.8 Å². The summed E-state index contributed by atoms with van der Waals surface area (Å²) < 4.78 is 40.0. The van der Waals surface area contributed by atoms with Crippen LogP contribution in [0.4, 0.5) is 4.39 Å². The Balaban J connectivity index is 1.57. The Morgan fingerprint density at radius 3 is 2.10 bits per heavy atom. The van der Waals surface area contributed by atoms with Crippen molar-refractivity contribution >= 4 is 15.9 Å². The highest BCUT2D eigenvalue weighted by atomic mass is 32.2. The molecule has 31 heavy (non-hydrogen) atoms. The third-order valence-electron chi connectivity index (χ3n) is 5.91. The van der Waals surface area contributed by atoms with Crippen molar-refractivity contribution in [1.29, 1.82) is 0 Å². The van der Waals surface area contributed by atoms with Crippen LogP contribution in [-0.4, -0.2) is 31.7 Å². The number of carbonyl (C=O) groups is 1. The van der Waals surface area contributed by atoms with E-state index in [1.165, 1.54) is 22.0 Å². The van der Waals surface area contributed by atoms with Crippen molar-refractivity contribution in [3.63, 3.8) is 0 Å². The highest BCUT2D eigenvalue weighted by molar-refractivity contribution is 7.89. The van der Waals surface area contributed by atoms with Gasteiger partial charge in [0.1, 0.15) is 5.82 Å². The lowest BCUT2D eigenvalue weighted by Gasteiger charge is -2.31. The van der Waals surface area contributed by atoms with E-state index in [0.717, 1.165) is 17.7 Å². The summed E-state index contributed by atoms with van der Waals surface area (Å²) in [5, 5.41) is 3.07. The molecule has 1 saturated heterocycles. The minimum atomic E-state index is -3.68. The molecule has 0 radical (unpaired) electrons. The SMILES string of the molecule is C[C@H](NC(=O)C1CCN(S(=O)(=O)c2ccc(F)cc2)CC1)c1ccc(C(C)(C)C)cc1. The number of piperidine rings is 1. The minimum absolute atomic E-state index is 0.0498. The van der Waals surface area contributed by atoms with Crippen LogP contribution in [-0.2, 0) is 20.2 Å². The first-order valence-electron chi connectivity index (χ1n) is 10.6. The van der Waals surface area contributed by atoms with Gasteiger partial charge in [0.15, 0.2) is 0 Å². The summed E-state index contributed by atoms with van der Waals surface area (Å²) in [6, 6.07) is 13.0. The highest BCUT2D eigenvalue weighted by Gasteiger charge is 2.32. The number of benzene rings is 2. The first-order valence-corrected chi connectivity index (χ1v) is 12.1. The van der Waals surface area contributed by atoms with Crippen molar-refractivity contribution in [2.45, 2.75) is 56.9 Å². The first-order chi connectivity index (χ1) is 14.5. The number of halogens is 1. The van der Waals surface area contributed by atoms with Gasteiger partial charge in [-0.15, -0.1) is 0 Å². The number of nitrogens with zero attached hydrogens (tertiary/aromatic N) is 1. The molecule has 1 aliphatic rings. The summed E-state index contributed by atoms with van der Waals surface area (Å²) >= 11 is 0. The number of carbonyl (C=O) groups excluding carboxylic acids is 1. The van der Waals surface area contributed by atoms with Gasteiger partial charge in [0.2, 0.25) is 15.9 Å². The van der Waals surface area contributed by atoms with Crippen molar-refractivity contribution in [1.82, 2.24) is 9.62 Å². The molecule has 0 unspecified atom stereocenters. The fourth-order valence-electron chi connectivity index (χ4n) is 3.80. The largest absolute Gasteiger partial charge is 0.349 e. The summed E-state index contributed by atoms with van der Waals surface area (Å²) in [4.78, 5) is 12.8. The molecule has 1 atom stereocenters. The number of sulfonamides is 1. The number of amides is 1. The van der Waals surface area contributed by atoms with E-state index >= 15 is 0 Å². The Hall–Kier alpha value is -2.25. The highest BCUT2D eigenvalue weighted by Crippen LogP contribution is 2.26. The van der Waals surface area contributed by atoms with Gasteiger partial charge in [-0.2, -0.15) is 4.31 Å². The second-order valence-corrected chi connectivity index (χ2v) is 11.2. The Kier molecular flexibility index (Phi) is 6.86. The predicted molar refractivity (Wildman–Crippen MR) is 120 cm³/mol. The van der Waals surface area contributed by atoms with Crippen LogP contribution < -0.4 is 5.32 Å². The lowest BCUT2D eigenvalue weighted by molar-refractivity contribution is -0.126. The topological polar surface area (TPSA) is 66.5 Å². The van der Waals surface area contributed by atoms with E-state index < -0.39 is 15.8 Å². The molecular formula is C24H31FN2O3S. The lowest BCUT2D eigenvalue weighted by atomic mass is 9.86. The molecule has 7 heteroatoms. The molecule has 0 saturated carbocycles. The zero-order chi connectivity index (χ0) is 22.8. The van der Waals surface area contributed by atoms with Gasteiger partial charge >= 0.3 is 0 Å². The van der Waals surface area contributed by atoms with E-state index in [1.807, 2.05) is 19.1 Å². The van der Waals surface area contributed by atoms with Crippen LogP contribution in [0.25, 0.3) is 0 Å². The maximum Gasteiger partial charge on any atom is 0.243 e. The lowest BCUT2D eigenvalue weighted by Crippen LogP contribution is -2.43. The van der Waals surface area contributed by atoms with Crippen LogP contribution in [0.5, 0.6) is 0 Å². The van der Waals surface area contributed by atoms with Crippen LogP contribution in [0.15, 0.2) is 53.4 Å². The van der Waals surface area contributed by atoms with Crippen molar-refractivity contribution in [2.75, 3.05) is 13.1 Å². The number of hydrogen-bond acceptors (Lipinski definition) is 3. The van der Waals surface area contributed by atoms with Gasteiger partial charge < -0.3 is 5.32 Å². The maximum atomic E-state index is 13.1. The van der Waals surface area contributed by atoms with Gasteiger partial charge in [-0.25, -0.2) is 12.8 Å². The van der Waals surface area contributed by atoms with Crippen molar-refractivity contribution in [3.05, 3.63) is 65.5 Å². The molecule has 168 valence electrons. The summed E-state index contributed by atoms with van der Waals surface area (Å²) in [6.45, 7) is 8.98. The van der Waals surface area contributed by atoms with Crippen LogP contribution in [0.1, 0.15) is 57.7 Å². The number of rotatable bonds is 5. The molecule has 0 aromatic heterocycles. The zero-order valence-corrected chi connectivity index (χ0v) is 19.4. The van der Waals surface area contributed by atoms with Crippen LogP contribution in [0, 0.1) is 11.7 Å². The second kappa shape index (κ2) is 9.09. The number of nitrogens with one attached hydrogen (secondary N) is 1. The average molecular weight is 447 g/mol. The third-order valence-corrected chi connectivity index (χ3v) is 7.82. The van der Waals surface area contributed by atoms with Crippen molar-refractivity contribution < 1.29 is 17.6 Å². The van der Waals surface area contributed by atoms with Crippen LogP contribution >= 0.6 is 0 Å². The fourth-order valence-corrected chi connectivity index (χ4v) is 5.27. The Labute approximate surface area is 184 Å². The molecule has 3 rings (SSSR count). The van der Waals surface area contributed by atoms with Gasteiger partial charge in [0, 0.05) is 19.0 Å². The molecular weight excluding hydrogens is 415 g/mol. The minimum Gasteiger partial charge on any atom is -0.349 e.